The van der Waals surface area contributed by atoms with E-state index in [2.05, 4.69) is 4.98 Å². The van der Waals surface area contributed by atoms with Gasteiger partial charge in [0, 0.05) is 24.1 Å². The van der Waals surface area contributed by atoms with Crippen molar-refractivity contribution in [2.45, 2.75) is 31.5 Å². The van der Waals surface area contributed by atoms with E-state index in [4.69, 9.17) is 10.5 Å². The molecule has 4 heteroatoms. The van der Waals surface area contributed by atoms with Crippen molar-refractivity contribution >= 4 is 16.6 Å². The maximum absolute atomic E-state index is 9.50. The average molecular weight is 244 g/mol. The molecule has 1 saturated carbocycles. The van der Waals surface area contributed by atoms with E-state index in [0.29, 0.717) is 17.9 Å². The highest BCUT2D eigenvalue weighted by Crippen LogP contribution is 2.31. The van der Waals surface area contributed by atoms with E-state index in [0.717, 1.165) is 23.7 Å². The number of nitrogen functional groups attached to an aromatic ring is 1. The quantitative estimate of drug-likeness (QED) is 0.794. The van der Waals surface area contributed by atoms with Crippen molar-refractivity contribution in [3.63, 3.8) is 0 Å². The zero-order chi connectivity index (χ0) is 12.5. The Balaban J connectivity index is 1.89. The summed E-state index contributed by atoms with van der Waals surface area (Å²) in [5.74, 6) is 0.667. The molecule has 1 aromatic heterocycles. The first-order valence-electron chi connectivity index (χ1n) is 6.21. The van der Waals surface area contributed by atoms with Crippen LogP contribution in [0.15, 0.2) is 30.5 Å². The average Bonchev–Trinajstić information content (AvgIpc) is 2.76. The molecule has 0 amide bonds. The molecule has 1 heterocycles. The molecule has 94 valence electrons. The molecule has 0 spiro atoms. The number of ether oxygens (including phenoxy) is 1. The van der Waals surface area contributed by atoms with Gasteiger partial charge in [0.2, 0.25) is 0 Å². The van der Waals surface area contributed by atoms with E-state index < -0.39 is 0 Å². The second-order valence-electron chi connectivity index (χ2n) is 4.79. The third kappa shape index (κ3) is 2.11. The van der Waals surface area contributed by atoms with Gasteiger partial charge < -0.3 is 15.6 Å². The highest BCUT2D eigenvalue weighted by atomic mass is 16.5. The molecule has 0 radical (unpaired) electrons. The fraction of sp³-hybridized carbons (Fsp3) is 0.357. The Labute approximate surface area is 105 Å². The van der Waals surface area contributed by atoms with Crippen LogP contribution in [0, 0.1) is 0 Å². The third-order valence-corrected chi connectivity index (χ3v) is 3.39. The Hall–Kier alpha value is -1.81. The lowest BCUT2D eigenvalue weighted by Gasteiger charge is -2.15. The lowest BCUT2D eigenvalue weighted by Crippen LogP contribution is -2.14. The van der Waals surface area contributed by atoms with Gasteiger partial charge in [-0.15, -0.1) is 0 Å². The molecule has 1 aliphatic carbocycles. The Morgan fingerprint density at radius 1 is 1.33 bits per heavy atom. The first-order chi connectivity index (χ1) is 8.72. The van der Waals surface area contributed by atoms with Crippen molar-refractivity contribution in [2.24, 2.45) is 0 Å². The lowest BCUT2D eigenvalue weighted by molar-refractivity contribution is 0.150. The van der Waals surface area contributed by atoms with Gasteiger partial charge >= 0.3 is 0 Å². The standard InChI is InChI=1S/C14H16N2O2/c15-12-6-9-2-1-5-16-13(9)8-14(12)18-11-4-3-10(17)7-11/h1-2,5-6,8,10-11,17H,3-4,7,15H2/t10-,11+/m0/s1. The molecule has 0 unspecified atom stereocenters. The fourth-order valence-electron chi connectivity index (χ4n) is 2.42. The summed E-state index contributed by atoms with van der Waals surface area (Å²) >= 11 is 0. The number of aliphatic hydroxyl groups is 1. The third-order valence-electron chi connectivity index (χ3n) is 3.39. The van der Waals surface area contributed by atoms with Gasteiger partial charge in [0.1, 0.15) is 11.9 Å². The smallest absolute Gasteiger partial charge is 0.144 e. The Bertz CT molecular complexity index is 571. The summed E-state index contributed by atoms with van der Waals surface area (Å²) in [6.07, 6.45) is 3.93. The topological polar surface area (TPSA) is 68.4 Å². The van der Waals surface area contributed by atoms with Gasteiger partial charge in [-0.1, -0.05) is 6.07 Å². The summed E-state index contributed by atoms with van der Waals surface area (Å²) in [4.78, 5) is 4.29. The number of pyridine rings is 1. The van der Waals surface area contributed by atoms with Gasteiger partial charge in [0.05, 0.1) is 17.3 Å². The van der Waals surface area contributed by atoms with E-state index in [1.807, 2.05) is 24.3 Å². The maximum atomic E-state index is 9.50. The summed E-state index contributed by atoms with van der Waals surface area (Å²) < 4.78 is 5.86. The Kier molecular flexibility index (Phi) is 2.80. The van der Waals surface area contributed by atoms with Gasteiger partial charge in [-0.3, -0.25) is 4.98 Å². The van der Waals surface area contributed by atoms with Crippen LogP contribution in [0.2, 0.25) is 0 Å². The minimum Gasteiger partial charge on any atom is -0.488 e. The minimum atomic E-state index is -0.241. The van der Waals surface area contributed by atoms with Crippen molar-refractivity contribution < 1.29 is 9.84 Å². The van der Waals surface area contributed by atoms with Crippen LogP contribution in [0.4, 0.5) is 5.69 Å². The number of anilines is 1. The largest absolute Gasteiger partial charge is 0.488 e. The lowest BCUT2D eigenvalue weighted by atomic mass is 10.2. The molecule has 0 bridgehead atoms. The molecule has 1 aromatic carbocycles. The van der Waals surface area contributed by atoms with Crippen molar-refractivity contribution in [1.29, 1.82) is 0 Å². The van der Waals surface area contributed by atoms with Crippen LogP contribution in [0.3, 0.4) is 0 Å². The Morgan fingerprint density at radius 3 is 3.00 bits per heavy atom. The molecular formula is C14H16N2O2. The van der Waals surface area contributed by atoms with Crippen LogP contribution in [0.1, 0.15) is 19.3 Å². The first-order valence-corrected chi connectivity index (χ1v) is 6.21. The van der Waals surface area contributed by atoms with E-state index in [1.165, 1.54) is 0 Å². The van der Waals surface area contributed by atoms with E-state index in [-0.39, 0.29) is 12.2 Å². The second kappa shape index (κ2) is 4.46. The van der Waals surface area contributed by atoms with E-state index in [1.54, 1.807) is 6.20 Å². The molecule has 0 saturated heterocycles. The zero-order valence-electron chi connectivity index (χ0n) is 10.0. The molecule has 1 fully saturated rings. The summed E-state index contributed by atoms with van der Waals surface area (Å²) in [7, 11) is 0. The molecule has 0 aliphatic heterocycles. The van der Waals surface area contributed by atoms with E-state index in [9.17, 15) is 5.11 Å². The number of hydrogen-bond donors (Lipinski definition) is 2. The van der Waals surface area contributed by atoms with Gasteiger partial charge in [0.25, 0.3) is 0 Å². The number of aromatic nitrogens is 1. The zero-order valence-corrected chi connectivity index (χ0v) is 10.0. The molecule has 2 aromatic rings. The normalized spacial score (nSPS) is 23.4. The molecule has 2 atom stereocenters. The Morgan fingerprint density at radius 2 is 2.22 bits per heavy atom. The number of rotatable bonds is 2. The molecule has 18 heavy (non-hydrogen) atoms. The van der Waals surface area contributed by atoms with Crippen molar-refractivity contribution in [1.82, 2.24) is 4.98 Å². The van der Waals surface area contributed by atoms with Gasteiger partial charge in [-0.2, -0.15) is 0 Å². The molecule has 1 aliphatic rings. The predicted molar refractivity (Wildman–Crippen MR) is 70.4 cm³/mol. The van der Waals surface area contributed by atoms with Gasteiger partial charge in [0.15, 0.2) is 0 Å². The minimum absolute atomic E-state index is 0.0588. The summed E-state index contributed by atoms with van der Waals surface area (Å²) in [5.41, 5.74) is 7.48. The molecule has 4 nitrogen and oxygen atoms in total. The molecule has 3 rings (SSSR count). The SMILES string of the molecule is Nc1cc2cccnc2cc1O[C@@H]1CC[C@H](O)C1. The van der Waals surface area contributed by atoms with Crippen LogP contribution >= 0.6 is 0 Å². The number of aliphatic hydroxyl groups excluding tert-OH is 1. The van der Waals surface area contributed by atoms with Crippen LogP contribution in [0.25, 0.3) is 10.9 Å². The highest BCUT2D eigenvalue weighted by Gasteiger charge is 2.24. The molecule has 3 N–H and O–H groups in total. The van der Waals surface area contributed by atoms with Gasteiger partial charge in [-0.25, -0.2) is 0 Å². The summed E-state index contributed by atoms with van der Waals surface area (Å²) in [6, 6.07) is 7.61. The summed E-state index contributed by atoms with van der Waals surface area (Å²) in [5, 5.41) is 10.5. The van der Waals surface area contributed by atoms with Crippen molar-refractivity contribution in [3.05, 3.63) is 30.5 Å². The van der Waals surface area contributed by atoms with Crippen LogP contribution in [0.5, 0.6) is 5.75 Å². The number of nitrogens with two attached hydrogens (primary N) is 1. The van der Waals surface area contributed by atoms with Crippen LogP contribution in [-0.4, -0.2) is 22.3 Å². The highest BCUT2D eigenvalue weighted by molar-refractivity contribution is 5.84. The number of fused-ring (bicyclic) bond motifs is 1. The maximum Gasteiger partial charge on any atom is 0.144 e. The van der Waals surface area contributed by atoms with Crippen molar-refractivity contribution in [3.8, 4) is 5.75 Å². The molecular weight excluding hydrogens is 228 g/mol. The number of nitrogens with zero attached hydrogens (tertiary/aromatic N) is 1. The second-order valence-corrected chi connectivity index (χ2v) is 4.79. The van der Waals surface area contributed by atoms with Crippen LogP contribution in [-0.2, 0) is 0 Å². The van der Waals surface area contributed by atoms with Gasteiger partial charge in [-0.05, 0) is 25.0 Å². The number of benzene rings is 1. The van der Waals surface area contributed by atoms with Crippen molar-refractivity contribution in [2.75, 3.05) is 5.73 Å². The van der Waals surface area contributed by atoms with Crippen LogP contribution < -0.4 is 10.5 Å². The first kappa shape index (κ1) is 11.3. The summed E-state index contributed by atoms with van der Waals surface area (Å²) in [6.45, 7) is 0. The van der Waals surface area contributed by atoms with E-state index >= 15 is 0 Å². The predicted octanol–water partition coefficient (Wildman–Crippen LogP) is 2.11. The monoisotopic (exact) mass is 244 g/mol. The number of hydrogen-bond acceptors (Lipinski definition) is 4. The fourth-order valence-corrected chi connectivity index (χ4v) is 2.42.